The van der Waals surface area contributed by atoms with Gasteiger partial charge in [-0.3, -0.25) is 24.0 Å². The number of ether oxygens (including phenoxy) is 4. The van der Waals surface area contributed by atoms with Crippen LogP contribution in [0.15, 0.2) is 58.8 Å². The number of likely N-dealkylation sites (N-methyl/N-ethyl adjacent to an activating group) is 1. The molecule has 324 valence electrons. The average molecular weight is 880 g/mol. The number of hydrogen-bond donors (Lipinski definition) is 2. The molecule has 0 aliphatic carbocycles. The first kappa shape index (κ1) is 58.1. The van der Waals surface area contributed by atoms with Crippen molar-refractivity contribution in [1.82, 2.24) is 25.7 Å². The predicted molar refractivity (Wildman–Crippen MR) is 228 cm³/mol. The number of pyridine rings is 2. The van der Waals surface area contributed by atoms with Crippen molar-refractivity contribution in [2.24, 2.45) is 0 Å². The maximum atomic E-state index is 11.7. The lowest BCUT2D eigenvalue weighted by molar-refractivity contribution is -0.195. The van der Waals surface area contributed by atoms with Crippen LogP contribution in [0.4, 0.5) is 0 Å². The van der Waals surface area contributed by atoms with Crippen LogP contribution in [0.5, 0.6) is 0 Å². The molecule has 1 aliphatic heterocycles. The fraction of sp³-hybridized carbons (Fsp3) is 0.568. The maximum absolute atomic E-state index is 11.7. The van der Waals surface area contributed by atoms with Crippen molar-refractivity contribution in [3.05, 3.63) is 48.8 Å². The van der Waals surface area contributed by atoms with Gasteiger partial charge in [-0.25, -0.2) is 14.8 Å². The van der Waals surface area contributed by atoms with E-state index in [0.29, 0.717) is 69.8 Å². The minimum Gasteiger partial charge on any atom is -0.379 e. The highest BCUT2D eigenvalue weighted by atomic mass is 33.1. The lowest BCUT2D eigenvalue weighted by Crippen LogP contribution is -2.32. The van der Waals surface area contributed by atoms with Crippen LogP contribution in [0, 0.1) is 0 Å². The number of rotatable bonds is 26. The zero-order valence-electron chi connectivity index (χ0n) is 30.7. The summed E-state index contributed by atoms with van der Waals surface area (Å²) in [5.41, 5.74) is 0. The number of hydroxylamine groups is 2. The number of ketones is 1. The number of nitrogens with one attached hydrogen (secondary N) is 2. The lowest BCUT2D eigenvalue weighted by atomic mass is 10.2. The van der Waals surface area contributed by atoms with Gasteiger partial charge in [-0.15, -0.1) is 5.06 Å². The number of aromatic nitrogens is 2. The van der Waals surface area contributed by atoms with Crippen molar-refractivity contribution in [3.8, 4) is 0 Å². The molecule has 3 rings (SSSR count). The third-order valence-corrected chi connectivity index (χ3v) is 10.2. The van der Waals surface area contributed by atoms with E-state index in [4.69, 9.17) is 23.8 Å². The highest BCUT2D eigenvalue weighted by molar-refractivity contribution is 8.77. The first-order valence-electron chi connectivity index (χ1n) is 17.1. The van der Waals surface area contributed by atoms with Gasteiger partial charge in [-0.1, -0.05) is 69.8 Å². The SMILES string of the molecule is C.C.C.CC.CNC(=O)COCCOCCCC(=O)COCCOCCNC(=O)CSSc1ccccn1.O=C(CSSc1ccccn1)ON1C(=O)CCC1=O. The van der Waals surface area contributed by atoms with Crippen molar-refractivity contribution < 1.29 is 52.6 Å². The smallest absolute Gasteiger partial charge is 0.343 e. The first-order chi connectivity index (χ1) is 26.3. The van der Waals surface area contributed by atoms with E-state index in [9.17, 15) is 28.8 Å². The van der Waals surface area contributed by atoms with Gasteiger partial charge < -0.3 is 34.4 Å². The first-order valence-corrected chi connectivity index (χ1v) is 21.7. The number of amides is 4. The molecule has 0 aromatic carbocycles. The Balaban J connectivity index is -0.00000104. The predicted octanol–water partition coefficient (Wildman–Crippen LogP) is 5.46. The van der Waals surface area contributed by atoms with Gasteiger partial charge in [0, 0.05) is 51.9 Å². The van der Waals surface area contributed by atoms with Crippen LogP contribution in [0.1, 0.15) is 61.8 Å². The number of hydrogen-bond acceptors (Lipinski definition) is 17. The molecule has 20 heteroatoms. The monoisotopic (exact) mass is 879 g/mol. The van der Waals surface area contributed by atoms with Gasteiger partial charge in [0.25, 0.3) is 11.8 Å². The molecule has 1 aliphatic rings. The Morgan fingerprint density at radius 2 is 1.23 bits per heavy atom. The molecule has 0 bridgehead atoms. The van der Waals surface area contributed by atoms with E-state index < -0.39 is 17.8 Å². The van der Waals surface area contributed by atoms with Crippen LogP contribution in [-0.2, 0) is 52.6 Å². The van der Waals surface area contributed by atoms with Crippen LogP contribution in [0.3, 0.4) is 0 Å². The standard InChI is InChI=1S/C21H33N3O7S2.C11H10N2O4S2.C2H6.3CH4/c1-22-19(26)16-31-14-11-28-9-4-5-18(25)15-30-13-12-29-10-8-23-20(27)17-32-33-21-6-2-3-7-24-21;14-9-4-5-10(15)13(9)17-11(16)7-18-19-8-3-1-2-6-12-8;1-2;;;/h2-3,6-7H,4-5,8-17H2,1H3,(H,22,26)(H,23,27);1-3,6H,4-5,7H2;1-2H3;3*1H4. The Bertz CT molecular complexity index is 1350. The largest absolute Gasteiger partial charge is 0.379 e. The Morgan fingerprint density at radius 3 is 1.77 bits per heavy atom. The number of nitrogens with zero attached hydrogens (tertiary/aromatic N) is 3. The average Bonchev–Trinajstić information content (AvgIpc) is 3.50. The molecule has 1 fully saturated rings. The van der Waals surface area contributed by atoms with Crippen molar-refractivity contribution in [1.29, 1.82) is 0 Å². The number of imide groups is 1. The molecule has 16 nitrogen and oxygen atoms in total. The maximum Gasteiger partial charge on any atom is 0.343 e. The van der Waals surface area contributed by atoms with Gasteiger partial charge >= 0.3 is 5.97 Å². The molecule has 2 aromatic rings. The Hall–Kier alpha value is -3.24. The van der Waals surface area contributed by atoms with E-state index in [1.54, 1.807) is 25.5 Å². The van der Waals surface area contributed by atoms with Gasteiger partial charge in [-0.2, -0.15) is 0 Å². The zero-order chi connectivity index (χ0) is 39.7. The molecular formula is C37H61N5O11S4. The summed E-state index contributed by atoms with van der Waals surface area (Å²) in [7, 11) is 6.99. The molecule has 1 saturated heterocycles. The van der Waals surface area contributed by atoms with E-state index in [-0.39, 0.29) is 71.7 Å². The molecule has 0 spiro atoms. The van der Waals surface area contributed by atoms with Crippen LogP contribution < -0.4 is 10.6 Å². The topological polar surface area (TPSA) is 202 Å². The van der Waals surface area contributed by atoms with Crippen molar-refractivity contribution in [2.45, 2.75) is 71.9 Å². The van der Waals surface area contributed by atoms with Crippen LogP contribution in [0.2, 0.25) is 0 Å². The van der Waals surface area contributed by atoms with Gasteiger partial charge in [0.15, 0.2) is 5.78 Å². The minimum absolute atomic E-state index is 0. The Labute approximate surface area is 353 Å². The quantitative estimate of drug-likeness (QED) is 0.0684. The third kappa shape index (κ3) is 31.4. The van der Waals surface area contributed by atoms with Crippen LogP contribution in [0.25, 0.3) is 0 Å². The van der Waals surface area contributed by atoms with Crippen LogP contribution in [-0.4, -0.2) is 128 Å². The Kier molecular flexibility index (Phi) is 40.3. The number of Topliss-reactive ketones (excluding diaryl/α,β-unsaturated/α-hetero) is 1. The summed E-state index contributed by atoms with van der Waals surface area (Å²) in [6.45, 7) is 6.68. The van der Waals surface area contributed by atoms with E-state index in [0.717, 1.165) is 10.1 Å². The zero-order valence-corrected chi connectivity index (χ0v) is 34.0. The molecule has 2 N–H and O–H groups in total. The van der Waals surface area contributed by atoms with Gasteiger partial charge in [0.05, 0.1) is 38.8 Å². The van der Waals surface area contributed by atoms with Crippen molar-refractivity contribution in [2.75, 3.05) is 78.0 Å². The summed E-state index contributed by atoms with van der Waals surface area (Å²) < 4.78 is 21.1. The normalized spacial score (nSPS) is 11.2. The Morgan fingerprint density at radius 1 is 0.702 bits per heavy atom. The van der Waals surface area contributed by atoms with E-state index >= 15 is 0 Å². The van der Waals surface area contributed by atoms with Crippen molar-refractivity contribution in [3.63, 3.8) is 0 Å². The molecule has 3 heterocycles. The summed E-state index contributed by atoms with van der Waals surface area (Å²) in [6, 6.07) is 11.1. The lowest BCUT2D eigenvalue weighted by Gasteiger charge is -2.11. The van der Waals surface area contributed by atoms with E-state index in [2.05, 4.69) is 20.6 Å². The fourth-order valence-corrected chi connectivity index (χ4v) is 6.95. The molecule has 0 atom stereocenters. The molecule has 0 radical (unpaired) electrons. The summed E-state index contributed by atoms with van der Waals surface area (Å²) in [6.07, 6.45) is 4.55. The molecule has 4 amide bonds. The molecular weight excluding hydrogens is 819 g/mol. The second-order valence-corrected chi connectivity index (χ2v) is 14.7. The number of carbonyl (C=O) groups is 6. The highest BCUT2D eigenvalue weighted by Gasteiger charge is 2.32. The van der Waals surface area contributed by atoms with Crippen molar-refractivity contribution >= 4 is 78.6 Å². The third-order valence-electron chi connectivity index (χ3n) is 5.96. The van der Waals surface area contributed by atoms with Crippen LogP contribution >= 0.6 is 43.2 Å². The minimum atomic E-state index is -0.628. The molecule has 0 saturated carbocycles. The fourth-order valence-electron chi connectivity index (χ4n) is 3.48. The summed E-state index contributed by atoms with van der Waals surface area (Å²) in [5.74, 6) is -1.45. The summed E-state index contributed by atoms with van der Waals surface area (Å²) >= 11 is 0. The van der Waals surface area contributed by atoms with Gasteiger partial charge in [0.1, 0.15) is 29.0 Å². The van der Waals surface area contributed by atoms with Gasteiger partial charge in [-0.05, 0) is 52.3 Å². The number of carbonyl (C=O) groups excluding carboxylic acids is 6. The van der Waals surface area contributed by atoms with E-state index in [1.807, 2.05) is 44.2 Å². The highest BCUT2D eigenvalue weighted by Crippen LogP contribution is 2.29. The second kappa shape index (κ2) is 39.6. The molecule has 0 unspecified atom stereocenters. The molecule has 57 heavy (non-hydrogen) atoms. The second-order valence-electron chi connectivity index (χ2n) is 10.1. The summed E-state index contributed by atoms with van der Waals surface area (Å²) in [4.78, 5) is 81.3. The summed E-state index contributed by atoms with van der Waals surface area (Å²) in [5, 5.41) is 7.42. The van der Waals surface area contributed by atoms with Gasteiger partial charge in [0.2, 0.25) is 11.8 Å². The van der Waals surface area contributed by atoms with E-state index in [1.165, 1.54) is 43.2 Å². The molecule has 2 aromatic heterocycles.